The van der Waals surface area contributed by atoms with Gasteiger partial charge in [0.1, 0.15) is 0 Å². The highest BCUT2D eigenvalue weighted by Gasteiger charge is 2.57. The number of hydrogen-bond donors (Lipinski definition) is 4. The third kappa shape index (κ3) is 3.35. The van der Waals surface area contributed by atoms with Crippen molar-refractivity contribution in [3.8, 4) is 11.5 Å². The molecule has 11 nitrogen and oxygen atoms in total. The summed E-state index contributed by atoms with van der Waals surface area (Å²) in [6, 6.07) is 4.99. The molecule has 0 radical (unpaired) electrons. The molecule has 1 spiro atoms. The first-order chi connectivity index (χ1) is 16.2. The third-order valence-corrected chi connectivity index (χ3v) is 7.76. The van der Waals surface area contributed by atoms with E-state index in [1.54, 1.807) is 19.9 Å². The summed E-state index contributed by atoms with van der Waals surface area (Å²) in [5, 5.41) is 0. The van der Waals surface area contributed by atoms with Gasteiger partial charge in [0.25, 0.3) is 20.2 Å². The lowest BCUT2D eigenvalue weighted by molar-refractivity contribution is -0.144. The standard InChI is InChI=1S/C22H20N2O9S2/c1-4-10(3)16-11(5-2)21(25)33-22(16)12-6-8-14(23)19(34(26,27)28)17(12)32-18-13(22)7-9-15(24)20(18)35(29,30)31/h4-9H,2,23-24H2,1,3H3,(H,26,27,28)(H,29,30,31)/b10-4-. The van der Waals surface area contributed by atoms with Crippen LogP contribution in [0.15, 0.2) is 69.5 Å². The SMILES string of the molecule is C=CC1=C(/C(C)=C\C)C2(OC1=O)c1ccc(N)c(S(=O)(=O)O)c1Oc1c2ccc(N)c1S(=O)(=O)O. The van der Waals surface area contributed by atoms with Gasteiger partial charge < -0.3 is 20.9 Å². The van der Waals surface area contributed by atoms with Crippen LogP contribution in [0.1, 0.15) is 25.0 Å². The predicted molar refractivity (Wildman–Crippen MR) is 125 cm³/mol. The number of fused-ring (bicyclic) bond motifs is 4. The van der Waals surface area contributed by atoms with E-state index in [9.17, 15) is 30.7 Å². The lowest BCUT2D eigenvalue weighted by Crippen LogP contribution is -2.36. The van der Waals surface area contributed by atoms with Gasteiger partial charge in [-0.15, -0.1) is 0 Å². The van der Waals surface area contributed by atoms with Crippen molar-refractivity contribution < 1.29 is 40.2 Å². The summed E-state index contributed by atoms with van der Waals surface area (Å²) in [4.78, 5) is 11.3. The molecule has 2 aromatic rings. The first-order valence-corrected chi connectivity index (χ1v) is 12.8. The summed E-state index contributed by atoms with van der Waals surface area (Å²) in [6.07, 6.45) is 2.90. The molecule has 0 saturated heterocycles. The zero-order valence-electron chi connectivity index (χ0n) is 18.4. The van der Waals surface area contributed by atoms with Gasteiger partial charge in [0, 0.05) is 16.7 Å². The van der Waals surface area contributed by atoms with E-state index >= 15 is 0 Å². The van der Waals surface area contributed by atoms with Gasteiger partial charge in [0.2, 0.25) is 0 Å². The fourth-order valence-electron chi connectivity index (χ4n) is 4.43. The summed E-state index contributed by atoms with van der Waals surface area (Å²) >= 11 is 0. The van der Waals surface area contributed by atoms with Gasteiger partial charge in [-0.3, -0.25) is 9.11 Å². The number of ether oxygens (including phenoxy) is 2. The maximum Gasteiger partial charge on any atom is 0.340 e. The first-order valence-electron chi connectivity index (χ1n) is 9.92. The normalized spacial score (nSPS) is 17.0. The molecule has 2 heterocycles. The predicted octanol–water partition coefficient (Wildman–Crippen LogP) is 2.70. The van der Waals surface area contributed by atoms with Crippen LogP contribution >= 0.6 is 0 Å². The van der Waals surface area contributed by atoms with Gasteiger partial charge in [-0.05, 0) is 43.7 Å². The number of nitrogen functional groups attached to an aromatic ring is 2. The van der Waals surface area contributed by atoms with Crippen molar-refractivity contribution in [2.45, 2.75) is 29.2 Å². The smallest absolute Gasteiger partial charge is 0.340 e. The van der Waals surface area contributed by atoms with E-state index in [1.807, 2.05) is 0 Å². The minimum absolute atomic E-state index is 0.0230. The average Bonchev–Trinajstić information content (AvgIpc) is 3.03. The van der Waals surface area contributed by atoms with Crippen LogP contribution in [0.2, 0.25) is 0 Å². The van der Waals surface area contributed by atoms with Crippen LogP contribution in [0.4, 0.5) is 11.4 Å². The fraction of sp³-hybridized carbons (Fsp3) is 0.136. The molecule has 2 aromatic carbocycles. The van der Waals surface area contributed by atoms with E-state index in [4.69, 9.17) is 20.9 Å². The van der Waals surface area contributed by atoms with Crippen molar-refractivity contribution in [1.29, 1.82) is 0 Å². The Hall–Kier alpha value is -3.65. The molecular weight excluding hydrogens is 500 g/mol. The molecule has 4 rings (SSSR count). The van der Waals surface area contributed by atoms with Gasteiger partial charge in [-0.25, -0.2) is 4.79 Å². The Balaban J connectivity index is 2.33. The second kappa shape index (κ2) is 7.68. The average molecular weight is 521 g/mol. The van der Waals surface area contributed by atoms with Crippen LogP contribution in [0.25, 0.3) is 0 Å². The topological polar surface area (TPSA) is 196 Å². The highest BCUT2D eigenvalue weighted by atomic mass is 32.2. The molecule has 6 N–H and O–H groups in total. The Kier molecular flexibility index (Phi) is 5.37. The van der Waals surface area contributed by atoms with Crippen molar-refractivity contribution in [1.82, 2.24) is 0 Å². The number of hydrogen-bond acceptors (Lipinski definition) is 9. The quantitative estimate of drug-likeness (QED) is 0.263. The fourth-order valence-corrected chi connectivity index (χ4v) is 5.93. The van der Waals surface area contributed by atoms with Crippen molar-refractivity contribution >= 4 is 37.6 Å². The number of rotatable bonds is 4. The minimum atomic E-state index is -5.04. The highest BCUT2D eigenvalue weighted by molar-refractivity contribution is 7.86. The van der Waals surface area contributed by atoms with E-state index in [1.165, 1.54) is 30.3 Å². The second-order valence-corrected chi connectivity index (χ2v) is 10.5. The second-order valence-electron chi connectivity index (χ2n) is 7.81. The summed E-state index contributed by atoms with van der Waals surface area (Å²) in [7, 11) is -10.1. The lowest BCUT2D eigenvalue weighted by Gasteiger charge is -2.39. The van der Waals surface area contributed by atoms with Crippen LogP contribution < -0.4 is 16.2 Å². The molecule has 0 unspecified atom stereocenters. The Morgan fingerprint density at radius 3 is 1.80 bits per heavy atom. The number of anilines is 2. The minimum Gasteiger partial charge on any atom is -0.453 e. The largest absolute Gasteiger partial charge is 0.453 e. The van der Waals surface area contributed by atoms with Crippen LogP contribution in [0.5, 0.6) is 11.5 Å². The Labute approximate surface area is 200 Å². The number of esters is 1. The van der Waals surface area contributed by atoms with Crippen molar-refractivity contribution in [3.05, 3.63) is 70.8 Å². The molecule has 0 fully saturated rings. The molecule has 0 aliphatic carbocycles. The number of carbonyl (C=O) groups excluding carboxylic acids is 1. The molecule has 0 bridgehead atoms. The Bertz CT molecular complexity index is 1530. The zero-order chi connectivity index (χ0) is 26.1. The monoisotopic (exact) mass is 520 g/mol. The van der Waals surface area contributed by atoms with E-state index in [-0.39, 0.29) is 22.3 Å². The number of carbonyl (C=O) groups is 1. The maximum absolute atomic E-state index is 13.0. The van der Waals surface area contributed by atoms with E-state index in [0.717, 1.165) is 0 Å². The summed E-state index contributed by atoms with van der Waals surface area (Å²) in [5.41, 5.74) is 9.44. The summed E-state index contributed by atoms with van der Waals surface area (Å²) in [6.45, 7) is 7.00. The Morgan fingerprint density at radius 1 is 0.971 bits per heavy atom. The van der Waals surface area contributed by atoms with Crippen LogP contribution in [0, 0.1) is 0 Å². The van der Waals surface area contributed by atoms with Crippen LogP contribution in [-0.2, 0) is 35.4 Å². The van der Waals surface area contributed by atoms with Crippen molar-refractivity contribution in [2.75, 3.05) is 11.5 Å². The maximum atomic E-state index is 13.0. The molecular formula is C22H20N2O9S2. The molecule has 0 atom stereocenters. The number of benzene rings is 2. The van der Waals surface area contributed by atoms with Gasteiger partial charge in [-0.2, -0.15) is 16.8 Å². The van der Waals surface area contributed by atoms with Crippen LogP contribution in [0.3, 0.4) is 0 Å². The molecule has 0 amide bonds. The number of nitrogens with two attached hydrogens (primary N) is 2. The number of allylic oxidation sites excluding steroid dienone is 1. The van der Waals surface area contributed by atoms with Crippen molar-refractivity contribution in [2.24, 2.45) is 0 Å². The van der Waals surface area contributed by atoms with Crippen molar-refractivity contribution in [3.63, 3.8) is 0 Å². The summed E-state index contributed by atoms with van der Waals surface area (Å²) in [5.74, 6) is -2.05. The van der Waals surface area contributed by atoms with Gasteiger partial charge in [-0.1, -0.05) is 18.7 Å². The summed E-state index contributed by atoms with van der Waals surface area (Å²) < 4.78 is 80.6. The molecule has 2 aliphatic heterocycles. The first kappa shape index (κ1) is 24.5. The zero-order valence-corrected chi connectivity index (χ0v) is 20.0. The molecule has 0 aromatic heterocycles. The van der Waals surface area contributed by atoms with Gasteiger partial charge >= 0.3 is 5.97 Å². The molecule has 2 aliphatic rings. The van der Waals surface area contributed by atoms with E-state index in [0.29, 0.717) is 5.57 Å². The molecule has 0 saturated carbocycles. The van der Waals surface area contributed by atoms with E-state index < -0.39 is 64.5 Å². The molecule has 184 valence electrons. The molecule has 13 heteroatoms. The Morgan fingerprint density at radius 2 is 1.43 bits per heavy atom. The molecule has 35 heavy (non-hydrogen) atoms. The van der Waals surface area contributed by atoms with E-state index in [2.05, 4.69) is 6.58 Å². The van der Waals surface area contributed by atoms with Crippen LogP contribution in [-0.4, -0.2) is 31.9 Å². The highest BCUT2D eigenvalue weighted by Crippen LogP contribution is 2.61. The van der Waals surface area contributed by atoms with Gasteiger partial charge in [0.15, 0.2) is 26.9 Å². The third-order valence-electron chi connectivity index (χ3n) is 5.88. The van der Waals surface area contributed by atoms with Gasteiger partial charge in [0.05, 0.1) is 16.9 Å². The lowest BCUT2D eigenvalue weighted by atomic mass is 9.74.